The number of nitrogens with zero attached hydrogens (tertiary/aromatic N) is 5. The van der Waals surface area contributed by atoms with E-state index in [0.717, 1.165) is 48.1 Å². The second-order valence-corrected chi connectivity index (χ2v) is 7.79. The zero-order valence-electron chi connectivity index (χ0n) is 14.0. The van der Waals surface area contributed by atoms with E-state index in [2.05, 4.69) is 42.1 Å². The molecule has 6 nitrogen and oxygen atoms in total. The Bertz CT molecular complexity index is 979. The van der Waals surface area contributed by atoms with Crippen LogP contribution in [0, 0.1) is 3.57 Å². The quantitative estimate of drug-likeness (QED) is 0.573. The monoisotopic (exact) mass is 447 g/mol. The molecule has 25 heavy (non-hydrogen) atoms. The number of fused-ring (bicyclic) bond motifs is 3. The minimum absolute atomic E-state index is 0.479. The van der Waals surface area contributed by atoms with Crippen LogP contribution >= 0.6 is 22.6 Å². The molecule has 0 saturated heterocycles. The van der Waals surface area contributed by atoms with Crippen LogP contribution in [0.4, 0.5) is 0 Å². The molecule has 4 heterocycles. The standard InChI is InChI=1S/C18H18IN5O/c1-25-18-13(15(10-5-6-10)21-9-22-18)17-20-8-12-16(23-17)14(19)11-4-2-3-7-24(11)12/h8-10H,2-7H2,1H3. The summed E-state index contributed by atoms with van der Waals surface area (Å²) in [5.41, 5.74) is 5.44. The molecule has 0 amide bonds. The van der Waals surface area contributed by atoms with Gasteiger partial charge in [-0.1, -0.05) is 0 Å². The molecule has 0 N–H and O–H groups in total. The Hall–Kier alpha value is -1.77. The number of rotatable bonds is 3. The molecular formula is C18H18IN5O. The number of methoxy groups -OCH3 is 1. The van der Waals surface area contributed by atoms with Gasteiger partial charge >= 0.3 is 0 Å². The summed E-state index contributed by atoms with van der Waals surface area (Å²) >= 11 is 2.43. The highest BCUT2D eigenvalue weighted by Crippen LogP contribution is 2.45. The Morgan fingerprint density at radius 3 is 2.88 bits per heavy atom. The molecule has 0 atom stereocenters. The van der Waals surface area contributed by atoms with Crippen LogP contribution in [-0.4, -0.2) is 31.6 Å². The fourth-order valence-corrected chi connectivity index (χ4v) is 4.69. The molecular weight excluding hydrogens is 429 g/mol. The summed E-state index contributed by atoms with van der Waals surface area (Å²) < 4.78 is 9.13. The normalized spacial score (nSPS) is 16.9. The first-order valence-corrected chi connectivity index (χ1v) is 9.78. The van der Waals surface area contributed by atoms with Crippen LogP contribution in [0.15, 0.2) is 12.5 Å². The van der Waals surface area contributed by atoms with Gasteiger partial charge in [-0.15, -0.1) is 0 Å². The van der Waals surface area contributed by atoms with Crippen LogP contribution in [0.2, 0.25) is 0 Å². The first kappa shape index (κ1) is 15.5. The van der Waals surface area contributed by atoms with Gasteiger partial charge in [0.25, 0.3) is 0 Å². The van der Waals surface area contributed by atoms with Gasteiger partial charge in [0.1, 0.15) is 17.4 Å². The highest BCUT2D eigenvalue weighted by molar-refractivity contribution is 14.1. The maximum atomic E-state index is 5.50. The third kappa shape index (κ3) is 2.43. The Morgan fingerprint density at radius 1 is 1.20 bits per heavy atom. The summed E-state index contributed by atoms with van der Waals surface area (Å²) in [6.45, 7) is 1.06. The molecule has 0 aromatic carbocycles. The fourth-order valence-electron chi connectivity index (χ4n) is 3.73. The van der Waals surface area contributed by atoms with Crippen LogP contribution < -0.4 is 4.74 Å². The summed E-state index contributed by atoms with van der Waals surface area (Å²) in [6, 6.07) is 0. The topological polar surface area (TPSA) is 65.7 Å². The second kappa shape index (κ2) is 5.89. The third-order valence-electron chi connectivity index (χ3n) is 5.12. The molecule has 1 fully saturated rings. The molecule has 1 aliphatic heterocycles. The van der Waals surface area contributed by atoms with E-state index in [0.29, 0.717) is 17.6 Å². The van der Waals surface area contributed by atoms with Crippen molar-refractivity contribution in [2.75, 3.05) is 7.11 Å². The molecule has 3 aromatic heterocycles. The molecule has 128 valence electrons. The first-order chi connectivity index (χ1) is 12.3. The first-order valence-electron chi connectivity index (χ1n) is 8.70. The van der Waals surface area contributed by atoms with Crippen molar-refractivity contribution in [3.05, 3.63) is 27.5 Å². The average molecular weight is 447 g/mol. The van der Waals surface area contributed by atoms with Crippen LogP contribution in [0.25, 0.3) is 22.4 Å². The van der Waals surface area contributed by atoms with Crippen molar-refractivity contribution < 1.29 is 4.74 Å². The predicted molar refractivity (Wildman–Crippen MR) is 103 cm³/mol. The lowest BCUT2D eigenvalue weighted by atomic mass is 10.1. The predicted octanol–water partition coefficient (Wildman–Crippen LogP) is 3.72. The molecule has 1 aliphatic carbocycles. The van der Waals surface area contributed by atoms with Gasteiger partial charge in [-0.2, -0.15) is 0 Å². The summed E-state index contributed by atoms with van der Waals surface area (Å²) in [5.74, 6) is 1.72. The maximum absolute atomic E-state index is 5.50. The minimum Gasteiger partial charge on any atom is -0.480 e. The lowest BCUT2D eigenvalue weighted by molar-refractivity contribution is 0.397. The van der Waals surface area contributed by atoms with Gasteiger partial charge in [0.2, 0.25) is 5.88 Å². The van der Waals surface area contributed by atoms with Gasteiger partial charge in [0, 0.05) is 18.2 Å². The number of aryl methyl sites for hydroxylation is 1. The SMILES string of the molecule is COc1ncnc(C2CC2)c1-c1ncc2c(n1)c(I)c1n2CCCC1. The largest absolute Gasteiger partial charge is 0.480 e. The zero-order chi connectivity index (χ0) is 17.0. The summed E-state index contributed by atoms with van der Waals surface area (Å²) in [4.78, 5) is 18.4. The lowest BCUT2D eigenvalue weighted by Crippen LogP contribution is -2.10. The number of hydrogen-bond donors (Lipinski definition) is 0. The van der Waals surface area contributed by atoms with Crippen molar-refractivity contribution >= 4 is 33.6 Å². The van der Waals surface area contributed by atoms with Gasteiger partial charge in [-0.25, -0.2) is 19.9 Å². The highest BCUT2D eigenvalue weighted by Gasteiger charge is 2.31. The van der Waals surface area contributed by atoms with Crippen LogP contribution in [-0.2, 0) is 13.0 Å². The van der Waals surface area contributed by atoms with E-state index < -0.39 is 0 Å². The molecule has 0 unspecified atom stereocenters. The van der Waals surface area contributed by atoms with Gasteiger partial charge in [0.05, 0.1) is 28.1 Å². The van der Waals surface area contributed by atoms with Crippen LogP contribution in [0.5, 0.6) is 5.88 Å². The number of halogens is 1. The molecule has 5 rings (SSSR count). The molecule has 2 aliphatic rings. The molecule has 0 bridgehead atoms. The van der Waals surface area contributed by atoms with Crippen LogP contribution in [0.1, 0.15) is 43.0 Å². The zero-order valence-corrected chi connectivity index (χ0v) is 16.2. The van der Waals surface area contributed by atoms with Crippen molar-refractivity contribution in [2.24, 2.45) is 0 Å². The van der Waals surface area contributed by atoms with Crippen molar-refractivity contribution in [1.82, 2.24) is 24.5 Å². The van der Waals surface area contributed by atoms with Crippen molar-refractivity contribution in [3.63, 3.8) is 0 Å². The summed E-state index contributed by atoms with van der Waals surface area (Å²) in [6.07, 6.45) is 9.45. The van der Waals surface area contributed by atoms with Gasteiger partial charge in [-0.05, 0) is 54.7 Å². The van der Waals surface area contributed by atoms with Crippen LogP contribution in [0.3, 0.4) is 0 Å². The molecule has 7 heteroatoms. The van der Waals surface area contributed by atoms with Gasteiger partial charge < -0.3 is 9.30 Å². The van der Waals surface area contributed by atoms with E-state index in [1.165, 1.54) is 22.1 Å². The highest BCUT2D eigenvalue weighted by atomic mass is 127. The van der Waals surface area contributed by atoms with Crippen molar-refractivity contribution in [1.29, 1.82) is 0 Å². The minimum atomic E-state index is 0.479. The van der Waals surface area contributed by atoms with E-state index in [1.807, 2.05) is 6.20 Å². The van der Waals surface area contributed by atoms with Crippen molar-refractivity contribution in [3.8, 4) is 17.3 Å². The lowest BCUT2D eigenvalue weighted by Gasteiger charge is -2.15. The van der Waals surface area contributed by atoms with E-state index in [4.69, 9.17) is 9.72 Å². The maximum Gasteiger partial charge on any atom is 0.227 e. The van der Waals surface area contributed by atoms with E-state index in [9.17, 15) is 0 Å². The Morgan fingerprint density at radius 2 is 2.08 bits per heavy atom. The molecule has 3 aromatic rings. The number of hydrogen-bond acceptors (Lipinski definition) is 5. The summed E-state index contributed by atoms with van der Waals surface area (Å²) in [7, 11) is 1.64. The number of ether oxygens (including phenoxy) is 1. The smallest absolute Gasteiger partial charge is 0.227 e. The Balaban J connectivity index is 1.73. The fraction of sp³-hybridized carbons (Fsp3) is 0.444. The molecule has 0 radical (unpaired) electrons. The van der Waals surface area contributed by atoms with Gasteiger partial charge in [-0.3, -0.25) is 0 Å². The summed E-state index contributed by atoms with van der Waals surface area (Å²) in [5, 5.41) is 0. The number of aromatic nitrogens is 5. The molecule has 0 spiro atoms. The van der Waals surface area contributed by atoms with E-state index >= 15 is 0 Å². The van der Waals surface area contributed by atoms with Crippen molar-refractivity contribution in [2.45, 2.75) is 44.6 Å². The second-order valence-electron chi connectivity index (χ2n) is 6.71. The van der Waals surface area contributed by atoms with E-state index in [-0.39, 0.29) is 0 Å². The van der Waals surface area contributed by atoms with Gasteiger partial charge in [0.15, 0.2) is 5.82 Å². The molecule has 1 saturated carbocycles. The van der Waals surface area contributed by atoms with E-state index in [1.54, 1.807) is 13.4 Å². The average Bonchev–Trinajstić information content (AvgIpc) is 3.47. The Labute approximate surface area is 159 Å². The third-order valence-corrected chi connectivity index (χ3v) is 6.25. The Kier molecular flexibility index (Phi) is 3.65.